The van der Waals surface area contributed by atoms with Gasteiger partial charge >= 0.3 is 0 Å². The van der Waals surface area contributed by atoms with E-state index in [1.165, 1.54) is 0 Å². The predicted octanol–water partition coefficient (Wildman–Crippen LogP) is 2.02. The van der Waals surface area contributed by atoms with Crippen LogP contribution in [0.15, 0.2) is 0 Å². The number of nitrogens with zero attached hydrogens (tertiary/aromatic N) is 1. The standard InChI is InChI=1S/C13H26N2O/c1-4-11(5-2)10-13(16)15(3)12-6-8-14-9-7-12/h11-12,14H,4-10H2,1-3H3. The molecule has 0 bridgehead atoms. The van der Waals surface area contributed by atoms with Gasteiger partial charge in [0, 0.05) is 19.5 Å². The molecule has 1 rings (SSSR count). The molecule has 0 aromatic heterocycles. The van der Waals surface area contributed by atoms with Crippen LogP contribution in [0.4, 0.5) is 0 Å². The Labute approximate surface area is 99.6 Å². The van der Waals surface area contributed by atoms with E-state index < -0.39 is 0 Å². The van der Waals surface area contributed by atoms with E-state index in [1.807, 2.05) is 11.9 Å². The van der Waals surface area contributed by atoms with E-state index in [9.17, 15) is 4.79 Å². The highest BCUT2D eigenvalue weighted by Gasteiger charge is 2.22. The second-order valence-corrected chi connectivity index (χ2v) is 4.87. The molecule has 3 nitrogen and oxygen atoms in total. The van der Waals surface area contributed by atoms with Crippen molar-refractivity contribution in [1.29, 1.82) is 0 Å². The number of nitrogens with one attached hydrogen (secondary N) is 1. The zero-order chi connectivity index (χ0) is 12.0. The summed E-state index contributed by atoms with van der Waals surface area (Å²) >= 11 is 0. The molecule has 16 heavy (non-hydrogen) atoms. The van der Waals surface area contributed by atoms with Crippen LogP contribution < -0.4 is 5.32 Å². The van der Waals surface area contributed by atoms with Crippen molar-refractivity contribution in [2.24, 2.45) is 5.92 Å². The molecule has 0 aromatic rings. The van der Waals surface area contributed by atoms with Gasteiger partial charge in [-0.05, 0) is 31.8 Å². The summed E-state index contributed by atoms with van der Waals surface area (Å²) < 4.78 is 0. The Morgan fingerprint density at radius 1 is 1.31 bits per heavy atom. The highest BCUT2D eigenvalue weighted by Crippen LogP contribution is 2.17. The Kier molecular flexibility index (Phi) is 5.81. The van der Waals surface area contributed by atoms with E-state index >= 15 is 0 Å². The lowest BCUT2D eigenvalue weighted by molar-refractivity contribution is -0.133. The van der Waals surface area contributed by atoms with Gasteiger partial charge in [0.25, 0.3) is 0 Å². The maximum absolute atomic E-state index is 12.1. The highest BCUT2D eigenvalue weighted by molar-refractivity contribution is 5.76. The van der Waals surface area contributed by atoms with Crippen molar-refractivity contribution in [2.45, 2.75) is 52.0 Å². The molecule has 1 N–H and O–H groups in total. The first kappa shape index (κ1) is 13.5. The fourth-order valence-electron chi connectivity index (χ4n) is 2.37. The zero-order valence-electron chi connectivity index (χ0n) is 11.0. The average molecular weight is 226 g/mol. The minimum absolute atomic E-state index is 0.334. The van der Waals surface area contributed by atoms with Gasteiger partial charge in [-0.3, -0.25) is 4.79 Å². The molecule has 94 valence electrons. The van der Waals surface area contributed by atoms with Crippen molar-refractivity contribution in [3.63, 3.8) is 0 Å². The minimum atomic E-state index is 0.334. The number of carbonyl (C=O) groups is 1. The molecular weight excluding hydrogens is 200 g/mol. The molecule has 1 aliphatic rings. The average Bonchev–Trinajstić information content (AvgIpc) is 2.35. The monoisotopic (exact) mass is 226 g/mol. The first-order chi connectivity index (χ1) is 7.69. The van der Waals surface area contributed by atoms with Crippen LogP contribution in [0.1, 0.15) is 46.0 Å². The van der Waals surface area contributed by atoms with E-state index in [2.05, 4.69) is 19.2 Å². The van der Waals surface area contributed by atoms with Crippen molar-refractivity contribution in [1.82, 2.24) is 10.2 Å². The van der Waals surface area contributed by atoms with Crippen LogP contribution in [0.3, 0.4) is 0 Å². The topological polar surface area (TPSA) is 32.3 Å². The number of rotatable bonds is 5. The maximum Gasteiger partial charge on any atom is 0.222 e. The first-order valence-corrected chi connectivity index (χ1v) is 6.65. The lowest BCUT2D eigenvalue weighted by Crippen LogP contribution is -2.44. The van der Waals surface area contributed by atoms with Gasteiger partial charge in [0.15, 0.2) is 0 Å². The fraction of sp³-hybridized carbons (Fsp3) is 0.923. The van der Waals surface area contributed by atoms with Gasteiger partial charge in [0.2, 0.25) is 5.91 Å². The van der Waals surface area contributed by atoms with Gasteiger partial charge in [0.05, 0.1) is 0 Å². The Morgan fingerprint density at radius 3 is 2.38 bits per heavy atom. The summed E-state index contributed by atoms with van der Waals surface area (Å²) in [4.78, 5) is 14.1. The fourth-order valence-corrected chi connectivity index (χ4v) is 2.37. The van der Waals surface area contributed by atoms with Gasteiger partial charge < -0.3 is 10.2 Å². The molecule has 1 amide bonds. The number of hydrogen-bond donors (Lipinski definition) is 1. The third-order valence-corrected chi connectivity index (χ3v) is 3.87. The Hall–Kier alpha value is -0.570. The third kappa shape index (κ3) is 3.78. The summed E-state index contributed by atoms with van der Waals surface area (Å²) in [7, 11) is 1.97. The van der Waals surface area contributed by atoms with Gasteiger partial charge in [-0.25, -0.2) is 0 Å². The Balaban J connectivity index is 2.39. The van der Waals surface area contributed by atoms with Crippen LogP contribution in [0.25, 0.3) is 0 Å². The van der Waals surface area contributed by atoms with Gasteiger partial charge in [-0.15, -0.1) is 0 Å². The van der Waals surface area contributed by atoms with E-state index in [0.29, 0.717) is 17.9 Å². The van der Waals surface area contributed by atoms with E-state index in [1.54, 1.807) is 0 Å². The number of amides is 1. The third-order valence-electron chi connectivity index (χ3n) is 3.87. The van der Waals surface area contributed by atoms with Crippen molar-refractivity contribution < 1.29 is 4.79 Å². The van der Waals surface area contributed by atoms with Crippen LogP contribution in [0, 0.1) is 5.92 Å². The Bertz CT molecular complexity index is 208. The molecule has 0 spiro atoms. The zero-order valence-corrected chi connectivity index (χ0v) is 11.0. The van der Waals surface area contributed by atoms with Crippen molar-refractivity contribution in [2.75, 3.05) is 20.1 Å². The van der Waals surface area contributed by atoms with Gasteiger partial charge in [-0.1, -0.05) is 26.7 Å². The molecule has 1 saturated heterocycles. The van der Waals surface area contributed by atoms with Crippen LogP contribution >= 0.6 is 0 Å². The molecule has 0 radical (unpaired) electrons. The second kappa shape index (κ2) is 6.89. The summed E-state index contributed by atoms with van der Waals surface area (Å²) in [5.74, 6) is 0.900. The van der Waals surface area contributed by atoms with Crippen LogP contribution in [0.5, 0.6) is 0 Å². The predicted molar refractivity (Wildman–Crippen MR) is 67.4 cm³/mol. The summed E-state index contributed by atoms with van der Waals surface area (Å²) in [6.45, 7) is 6.44. The largest absolute Gasteiger partial charge is 0.343 e. The first-order valence-electron chi connectivity index (χ1n) is 6.65. The molecular formula is C13H26N2O. The van der Waals surface area contributed by atoms with Crippen LogP contribution in [-0.4, -0.2) is 37.0 Å². The number of piperidine rings is 1. The number of hydrogen-bond acceptors (Lipinski definition) is 2. The van der Waals surface area contributed by atoms with Crippen LogP contribution in [-0.2, 0) is 4.79 Å². The summed E-state index contributed by atoms with van der Waals surface area (Å²) in [5, 5.41) is 3.33. The van der Waals surface area contributed by atoms with E-state index in [0.717, 1.165) is 45.2 Å². The van der Waals surface area contributed by atoms with Crippen LogP contribution in [0.2, 0.25) is 0 Å². The lowest BCUT2D eigenvalue weighted by atomic mass is 9.97. The molecule has 0 aromatic carbocycles. The normalized spacial score (nSPS) is 17.8. The molecule has 1 heterocycles. The second-order valence-electron chi connectivity index (χ2n) is 4.87. The van der Waals surface area contributed by atoms with Crippen molar-refractivity contribution in [3.05, 3.63) is 0 Å². The smallest absolute Gasteiger partial charge is 0.222 e. The summed E-state index contributed by atoms with van der Waals surface area (Å²) in [6, 6.07) is 0.461. The SMILES string of the molecule is CCC(CC)CC(=O)N(C)C1CCNCC1. The van der Waals surface area contributed by atoms with E-state index in [-0.39, 0.29) is 0 Å². The molecule has 0 aliphatic carbocycles. The maximum atomic E-state index is 12.1. The molecule has 0 unspecified atom stereocenters. The van der Waals surface area contributed by atoms with Gasteiger partial charge in [0.1, 0.15) is 0 Å². The molecule has 3 heteroatoms. The number of carbonyl (C=O) groups excluding carboxylic acids is 1. The highest BCUT2D eigenvalue weighted by atomic mass is 16.2. The van der Waals surface area contributed by atoms with Crippen molar-refractivity contribution in [3.8, 4) is 0 Å². The minimum Gasteiger partial charge on any atom is -0.343 e. The van der Waals surface area contributed by atoms with Gasteiger partial charge in [-0.2, -0.15) is 0 Å². The summed E-state index contributed by atoms with van der Waals surface area (Å²) in [6.07, 6.45) is 5.16. The quantitative estimate of drug-likeness (QED) is 0.778. The Morgan fingerprint density at radius 2 is 1.88 bits per heavy atom. The summed E-state index contributed by atoms with van der Waals surface area (Å²) in [5.41, 5.74) is 0. The molecule has 0 saturated carbocycles. The molecule has 1 fully saturated rings. The molecule has 0 atom stereocenters. The van der Waals surface area contributed by atoms with Crippen molar-refractivity contribution >= 4 is 5.91 Å². The molecule has 1 aliphatic heterocycles. The lowest BCUT2D eigenvalue weighted by Gasteiger charge is -2.32. The van der Waals surface area contributed by atoms with E-state index in [4.69, 9.17) is 0 Å².